The fraction of sp³-hybridized carbons (Fsp3) is 0.500. The molecule has 0 spiro atoms. The molecule has 2 N–H and O–H groups in total. The van der Waals surface area contributed by atoms with E-state index < -0.39 is 26.7 Å². The lowest BCUT2D eigenvalue weighted by molar-refractivity contribution is -0.116. The van der Waals surface area contributed by atoms with Crippen LogP contribution in [-0.4, -0.2) is 45.6 Å². The SMILES string of the molecule is CN(C(=O)CS(=O)(=O)C1CCOCC1)c1ccc(N)cc1. The van der Waals surface area contributed by atoms with Crippen LogP contribution < -0.4 is 10.6 Å². The molecule has 7 heteroatoms. The van der Waals surface area contributed by atoms with E-state index in [1.165, 1.54) is 4.90 Å². The molecule has 21 heavy (non-hydrogen) atoms. The molecule has 1 aromatic carbocycles. The zero-order valence-corrected chi connectivity index (χ0v) is 12.8. The molecule has 0 saturated carbocycles. The number of carbonyl (C=O) groups is 1. The van der Waals surface area contributed by atoms with Crippen LogP contribution in [0.2, 0.25) is 0 Å². The van der Waals surface area contributed by atoms with Crippen LogP contribution in [0.4, 0.5) is 11.4 Å². The van der Waals surface area contributed by atoms with Crippen LogP contribution in [0, 0.1) is 0 Å². The molecule has 1 amide bonds. The summed E-state index contributed by atoms with van der Waals surface area (Å²) in [6.07, 6.45) is 0.919. The molecule has 0 bridgehead atoms. The summed E-state index contributed by atoms with van der Waals surface area (Å²) >= 11 is 0. The summed E-state index contributed by atoms with van der Waals surface area (Å²) in [7, 11) is -1.88. The summed E-state index contributed by atoms with van der Waals surface area (Å²) in [6, 6.07) is 6.72. The number of hydrogen-bond donors (Lipinski definition) is 1. The minimum Gasteiger partial charge on any atom is -0.399 e. The van der Waals surface area contributed by atoms with E-state index in [-0.39, 0.29) is 0 Å². The predicted octanol–water partition coefficient (Wildman–Crippen LogP) is 0.825. The minimum atomic E-state index is -3.44. The number of nitrogens with two attached hydrogens (primary N) is 1. The molecular formula is C14H20N2O4S. The second kappa shape index (κ2) is 6.44. The topological polar surface area (TPSA) is 89.7 Å². The molecule has 1 aromatic rings. The van der Waals surface area contributed by atoms with E-state index in [1.807, 2.05) is 0 Å². The Morgan fingerprint density at radius 2 is 1.86 bits per heavy atom. The van der Waals surface area contributed by atoms with Crippen LogP contribution >= 0.6 is 0 Å². The molecule has 0 aliphatic carbocycles. The van der Waals surface area contributed by atoms with Crippen LogP contribution in [-0.2, 0) is 19.4 Å². The van der Waals surface area contributed by atoms with Gasteiger partial charge in [0.05, 0.1) is 5.25 Å². The van der Waals surface area contributed by atoms with Crippen LogP contribution in [0.3, 0.4) is 0 Å². The number of anilines is 2. The van der Waals surface area contributed by atoms with Crippen LogP contribution in [0.5, 0.6) is 0 Å². The molecular weight excluding hydrogens is 292 g/mol. The van der Waals surface area contributed by atoms with Crippen molar-refractivity contribution < 1.29 is 17.9 Å². The van der Waals surface area contributed by atoms with Crippen molar-refractivity contribution in [2.24, 2.45) is 0 Å². The number of hydrogen-bond acceptors (Lipinski definition) is 5. The van der Waals surface area contributed by atoms with Gasteiger partial charge >= 0.3 is 0 Å². The van der Waals surface area contributed by atoms with E-state index >= 15 is 0 Å². The fourth-order valence-corrected chi connectivity index (χ4v) is 3.95. The molecule has 0 unspecified atom stereocenters. The Balaban J connectivity index is 2.04. The van der Waals surface area contributed by atoms with E-state index in [9.17, 15) is 13.2 Å². The second-order valence-electron chi connectivity index (χ2n) is 5.16. The first-order valence-electron chi connectivity index (χ1n) is 6.81. The maximum Gasteiger partial charge on any atom is 0.241 e. The smallest absolute Gasteiger partial charge is 0.241 e. The Labute approximate surface area is 124 Å². The lowest BCUT2D eigenvalue weighted by Gasteiger charge is -2.23. The van der Waals surface area contributed by atoms with Crippen molar-refractivity contribution in [3.63, 3.8) is 0 Å². The highest BCUT2D eigenvalue weighted by molar-refractivity contribution is 7.92. The van der Waals surface area contributed by atoms with Gasteiger partial charge in [-0.05, 0) is 37.1 Å². The van der Waals surface area contributed by atoms with Gasteiger partial charge < -0.3 is 15.4 Å². The summed E-state index contributed by atoms with van der Waals surface area (Å²) in [6.45, 7) is 0.873. The molecule has 1 saturated heterocycles. The van der Waals surface area contributed by atoms with Gasteiger partial charge in [-0.2, -0.15) is 0 Å². The van der Waals surface area contributed by atoms with Gasteiger partial charge in [-0.3, -0.25) is 4.79 Å². The standard InChI is InChI=1S/C14H20N2O4S/c1-16(12-4-2-11(15)3-5-12)14(17)10-21(18,19)13-6-8-20-9-7-13/h2-5,13H,6-10,15H2,1H3. The second-order valence-corrected chi connectivity index (χ2v) is 7.44. The van der Waals surface area contributed by atoms with Crippen molar-refractivity contribution >= 4 is 27.1 Å². The van der Waals surface area contributed by atoms with Crippen LogP contribution in [0.25, 0.3) is 0 Å². The molecule has 2 rings (SSSR count). The predicted molar refractivity (Wildman–Crippen MR) is 81.9 cm³/mol. The van der Waals surface area contributed by atoms with E-state index in [1.54, 1.807) is 31.3 Å². The van der Waals surface area contributed by atoms with Crippen molar-refractivity contribution in [2.75, 3.05) is 36.6 Å². The lowest BCUT2D eigenvalue weighted by Crippen LogP contribution is -2.38. The van der Waals surface area contributed by atoms with Gasteiger partial charge in [-0.25, -0.2) is 8.42 Å². The molecule has 6 nitrogen and oxygen atoms in total. The van der Waals surface area contributed by atoms with Crippen molar-refractivity contribution in [3.8, 4) is 0 Å². The van der Waals surface area contributed by atoms with Crippen LogP contribution in [0.15, 0.2) is 24.3 Å². The lowest BCUT2D eigenvalue weighted by atomic mass is 10.2. The molecule has 1 aliphatic heterocycles. The number of benzene rings is 1. The van der Waals surface area contributed by atoms with E-state index in [0.29, 0.717) is 37.4 Å². The van der Waals surface area contributed by atoms with Gasteiger partial charge in [0, 0.05) is 31.6 Å². The Morgan fingerprint density at radius 1 is 1.29 bits per heavy atom. The minimum absolute atomic E-state index is 0.436. The number of nitrogen functional groups attached to an aromatic ring is 1. The van der Waals surface area contributed by atoms with Crippen molar-refractivity contribution in [1.82, 2.24) is 0 Å². The highest BCUT2D eigenvalue weighted by Gasteiger charge is 2.31. The number of rotatable bonds is 4. The van der Waals surface area contributed by atoms with Gasteiger partial charge in [0.2, 0.25) is 5.91 Å². The van der Waals surface area contributed by atoms with Gasteiger partial charge in [0.1, 0.15) is 5.75 Å². The average molecular weight is 312 g/mol. The average Bonchev–Trinajstić information content (AvgIpc) is 2.48. The van der Waals surface area contributed by atoms with Gasteiger partial charge in [0.15, 0.2) is 9.84 Å². The molecule has 1 heterocycles. The number of nitrogens with zero attached hydrogens (tertiary/aromatic N) is 1. The number of amides is 1. The summed E-state index contributed by atoms with van der Waals surface area (Å²) in [4.78, 5) is 13.5. The molecule has 116 valence electrons. The van der Waals surface area contributed by atoms with Gasteiger partial charge in [-0.15, -0.1) is 0 Å². The Bertz CT molecular complexity index is 592. The first-order chi connectivity index (χ1) is 9.90. The summed E-state index contributed by atoms with van der Waals surface area (Å²) in [5.41, 5.74) is 6.80. The van der Waals surface area contributed by atoms with E-state index in [0.717, 1.165) is 0 Å². The Morgan fingerprint density at radius 3 is 2.43 bits per heavy atom. The van der Waals surface area contributed by atoms with Gasteiger partial charge in [-0.1, -0.05) is 0 Å². The quantitative estimate of drug-likeness (QED) is 0.832. The Kier molecular flexibility index (Phi) is 4.84. The third-order valence-corrected chi connectivity index (χ3v) is 5.79. The summed E-state index contributed by atoms with van der Waals surface area (Å²) < 4.78 is 29.7. The molecule has 0 atom stereocenters. The van der Waals surface area contributed by atoms with Gasteiger partial charge in [0.25, 0.3) is 0 Å². The highest BCUT2D eigenvalue weighted by Crippen LogP contribution is 2.19. The third-order valence-electron chi connectivity index (χ3n) is 3.66. The van der Waals surface area contributed by atoms with Crippen molar-refractivity contribution in [2.45, 2.75) is 18.1 Å². The maximum absolute atomic E-state index is 12.3. The largest absolute Gasteiger partial charge is 0.399 e. The first kappa shape index (κ1) is 15.8. The van der Waals surface area contributed by atoms with Crippen LogP contribution in [0.1, 0.15) is 12.8 Å². The fourth-order valence-electron chi connectivity index (χ4n) is 2.26. The maximum atomic E-state index is 12.3. The highest BCUT2D eigenvalue weighted by atomic mass is 32.2. The summed E-state index contributed by atoms with van der Waals surface area (Å²) in [5.74, 6) is -0.912. The number of carbonyl (C=O) groups excluding carboxylic acids is 1. The molecule has 0 aromatic heterocycles. The normalized spacial score (nSPS) is 16.6. The number of ether oxygens (including phenoxy) is 1. The molecule has 0 radical (unpaired) electrons. The van der Waals surface area contributed by atoms with Crippen molar-refractivity contribution in [1.29, 1.82) is 0 Å². The first-order valence-corrected chi connectivity index (χ1v) is 8.53. The third kappa shape index (κ3) is 3.95. The monoisotopic (exact) mass is 312 g/mol. The zero-order valence-electron chi connectivity index (χ0n) is 12.0. The zero-order chi connectivity index (χ0) is 15.5. The molecule has 1 aliphatic rings. The Hall–Kier alpha value is -1.60. The van der Waals surface area contributed by atoms with E-state index in [2.05, 4.69) is 0 Å². The summed E-state index contributed by atoms with van der Waals surface area (Å²) in [5, 5.41) is -0.477. The molecule has 1 fully saturated rings. The number of sulfone groups is 1. The van der Waals surface area contributed by atoms with E-state index in [4.69, 9.17) is 10.5 Å². The van der Waals surface area contributed by atoms with Crippen molar-refractivity contribution in [3.05, 3.63) is 24.3 Å².